The average molecular weight is 379 g/mol. The van der Waals surface area contributed by atoms with Crippen molar-refractivity contribution < 1.29 is 0 Å². The van der Waals surface area contributed by atoms with E-state index in [2.05, 4.69) is 55.3 Å². The highest BCUT2D eigenvalue weighted by Gasteiger charge is 2.28. The number of hydrogen-bond acceptors (Lipinski definition) is 2. The Kier molecular flexibility index (Phi) is 4.22. The number of aromatic nitrogens is 2. The second-order valence-electron chi connectivity index (χ2n) is 6.40. The first kappa shape index (κ1) is 14.5. The van der Waals surface area contributed by atoms with Crippen molar-refractivity contribution in [2.45, 2.75) is 58.3 Å². The molecule has 18 heavy (non-hydrogen) atoms. The summed E-state index contributed by atoms with van der Waals surface area (Å²) in [5, 5.41) is 0.616. The van der Waals surface area contributed by atoms with E-state index in [4.69, 9.17) is 16.6 Å². The van der Waals surface area contributed by atoms with E-state index in [9.17, 15) is 0 Å². The molecular formula is C14H20ClIN2. The van der Waals surface area contributed by atoms with Crippen LogP contribution < -0.4 is 0 Å². The van der Waals surface area contributed by atoms with Gasteiger partial charge in [0.2, 0.25) is 0 Å². The van der Waals surface area contributed by atoms with Crippen LogP contribution in [0.1, 0.15) is 64.4 Å². The molecule has 1 fully saturated rings. The fourth-order valence-corrected chi connectivity index (χ4v) is 3.78. The van der Waals surface area contributed by atoms with Crippen LogP contribution >= 0.6 is 34.2 Å². The smallest absolute Gasteiger partial charge is 0.146 e. The van der Waals surface area contributed by atoms with E-state index in [-0.39, 0.29) is 5.41 Å². The van der Waals surface area contributed by atoms with E-state index in [1.165, 1.54) is 19.3 Å². The van der Waals surface area contributed by atoms with E-state index < -0.39 is 0 Å². The average Bonchev–Trinajstić information content (AvgIpc) is 2.67. The molecule has 4 heteroatoms. The van der Waals surface area contributed by atoms with Gasteiger partial charge in [0.1, 0.15) is 11.0 Å². The molecule has 0 spiro atoms. The molecule has 1 heterocycles. The minimum Gasteiger partial charge on any atom is -0.236 e. The summed E-state index contributed by atoms with van der Waals surface area (Å²) in [4.78, 5) is 9.33. The molecule has 2 atom stereocenters. The van der Waals surface area contributed by atoms with Gasteiger partial charge in [0.25, 0.3) is 0 Å². The van der Waals surface area contributed by atoms with Gasteiger partial charge < -0.3 is 0 Å². The Bertz CT molecular complexity index is 454. The molecule has 2 unspecified atom stereocenters. The van der Waals surface area contributed by atoms with Crippen LogP contribution in [0, 0.1) is 9.49 Å². The van der Waals surface area contributed by atoms with Crippen LogP contribution in [0.4, 0.5) is 0 Å². The van der Waals surface area contributed by atoms with Gasteiger partial charge in [-0.15, -0.1) is 0 Å². The normalized spacial score (nSPS) is 24.6. The van der Waals surface area contributed by atoms with Crippen molar-refractivity contribution >= 4 is 34.2 Å². The van der Waals surface area contributed by atoms with Gasteiger partial charge in [0, 0.05) is 11.3 Å². The molecule has 0 bridgehead atoms. The molecule has 2 nitrogen and oxygen atoms in total. The third kappa shape index (κ3) is 2.98. The van der Waals surface area contributed by atoms with E-state index >= 15 is 0 Å². The first-order valence-corrected chi connectivity index (χ1v) is 7.98. The van der Waals surface area contributed by atoms with Crippen molar-refractivity contribution in [2.75, 3.05) is 0 Å². The molecule has 1 aromatic rings. The van der Waals surface area contributed by atoms with E-state index in [0.29, 0.717) is 11.1 Å². The second kappa shape index (κ2) is 5.23. The zero-order chi connectivity index (χ0) is 13.5. The Morgan fingerprint density at radius 2 is 1.89 bits per heavy atom. The number of nitrogens with zero attached hydrogens (tertiary/aromatic N) is 2. The maximum atomic E-state index is 6.28. The molecule has 0 saturated heterocycles. The highest BCUT2D eigenvalue weighted by molar-refractivity contribution is 14.1. The number of rotatable bonds is 1. The molecule has 1 aliphatic carbocycles. The van der Waals surface area contributed by atoms with Gasteiger partial charge in [-0.1, -0.05) is 39.3 Å². The van der Waals surface area contributed by atoms with Gasteiger partial charge in [0.05, 0.1) is 9.26 Å². The lowest BCUT2D eigenvalue weighted by Gasteiger charge is -2.22. The zero-order valence-corrected chi connectivity index (χ0v) is 14.3. The minimum absolute atomic E-state index is 0.0159. The Morgan fingerprint density at radius 1 is 1.22 bits per heavy atom. The van der Waals surface area contributed by atoms with Gasteiger partial charge in [-0.25, -0.2) is 9.97 Å². The molecule has 100 valence electrons. The van der Waals surface area contributed by atoms with Gasteiger partial charge in [-0.2, -0.15) is 0 Å². The summed E-state index contributed by atoms with van der Waals surface area (Å²) in [5.74, 6) is 2.24. The van der Waals surface area contributed by atoms with Crippen LogP contribution in [0.25, 0.3) is 0 Å². The van der Waals surface area contributed by atoms with Crippen LogP contribution in [0.2, 0.25) is 5.15 Å². The first-order valence-electron chi connectivity index (χ1n) is 6.52. The number of halogens is 2. The molecular weight excluding hydrogens is 359 g/mol. The highest BCUT2D eigenvalue weighted by Crippen LogP contribution is 2.38. The van der Waals surface area contributed by atoms with E-state index in [0.717, 1.165) is 21.0 Å². The standard InChI is InChI=1S/C14H20ClIN2/c1-8-5-6-9(7-8)13-17-11(14(2,3)4)10(16)12(15)18-13/h8-9H,5-7H2,1-4H3. The Hall–Kier alpha value is 0.1000. The predicted octanol–water partition coefficient (Wildman–Crippen LogP) is 4.94. The highest BCUT2D eigenvalue weighted by atomic mass is 127. The molecule has 0 aromatic carbocycles. The summed E-state index contributed by atoms with van der Waals surface area (Å²) < 4.78 is 0.997. The van der Waals surface area contributed by atoms with Crippen LogP contribution in [0.3, 0.4) is 0 Å². The summed E-state index contributed by atoms with van der Waals surface area (Å²) in [7, 11) is 0. The Labute approximate surface area is 128 Å². The van der Waals surface area contributed by atoms with Crippen molar-refractivity contribution in [2.24, 2.45) is 5.92 Å². The summed E-state index contributed by atoms with van der Waals surface area (Å²) in [6, 6.07) is 0. The quantitative estimate of drug-likeness (QED) is 0.511. The molecule has 0 aliphatic heterocycles. The lowest BCUT2D eigenvalue weighted by atomic mass is 9.91. The molecule has 0 radical (unpaired) electrons. The van der Waals surface area contributed by atoms with Crippen LogP contribution in [0.5, 0.6) is 0 Å². The molecule has 0 N–H and O–H groups in total. The second-order valence-corrected chi connectivity index (χ2v) is 7.84. The summed E-state index contributed by atoms with van der Waals surface area (Å²) >= 11 is 8.54. The van der Waals surface area contributed by atoms with E-state index in [1.807, 2.05) is 0 Å². The van der Waals surface area contributed by atoms with Crippen molar-refractivity contribution in [3.05, 3.63) is 20.2 Å². The molecule has 1 aliphatic rings. The maximum Gasteiger partial charge on any atom is 0.146 e. The lowest BCUT2D eigenvalue weighted by molar-refractivity contribution is 0.541. The van der Waals surface area contributed by atoms with Crippen molar-refractivity contribution in [3.63, 3.8) is 0 Å². The SMILES string of the molecule is CC1CCC(c2nc(Cl)c(I)c(C(C)(C)C)n2)C1. The van der Waals surface area contributed by atoms with Crippen molar-refractivity contribution in [1.82, 2.24) is 9.97 Å². The van der Waals surface area contributed by atoms with Gasteiger partial charge in [0.15, 0.2) is 0 Å². The maximum absolute atomic E-state index is 6.28. The molecule has 2 rings (SSSR count). The third-order valence-corrected chi connectivity index (χ3v) is 5.21. The van der Waals surface area contributed by atoms with Crippen LogP contribution in [-0.4, -0.2) is 9.97 Å². The summed E-state index contributed by atoms with van der Waals surface area (Å²) in [5.41, 5.74) is 1.10. The van der Waals surface area contributed by atoms with Crippen LogP contribution in [0.15, 0.2) is 0 Å². The number of hydrogen-bond donors (Lipinski definition) is 0. The predicted molar refractivity (Wildman–Crippen MR) is 84.2 cm³/mol. The summed E-state index contributed by atoms with van der Waals surface area (Å²) in [6.45, 7) is 8.83. The van der Waals surface area contributed by atoms with Gasteiger partial charge >= 0.3 is 0 Å². The fraction of sp³-hybridized carbons (Fsp3) is 0.714. The first-order chi connectivity index (χ1) is 8.29. The Balaban J connectivity index is 2.41. The van der Waals surface area contributed by atoms with E-state index in [1.54, 1.807) is 0 Å². The van der Waals surface area contributed by atoms with Crippen LogP contribution in [-0.2, 0) is 5.41 Å². The fourth-order valence-electron chi connectivity index (χ4n) is 2.56. The lowest BCUT2D eigenvalue weighted by Crippen LogP contribution is -2.19. The molecule has 1 saturated carbocycles. The minimum atomic E-state index is 0.0159. The Morgan fingerprint density at radius 3 is 2.39 bits per heavy atom. The topological polar surface area (TPSA) is 25.8 Å². The van der Waals surface area contributed by atoms with Crippen molar-refractivity contribution in [3.8, 4) is 0 Å². The van der Waals surface area contributed by atoms with Gasteiger partial charge in [-0.05, 0) is 47.8 Å². The molecule has 0 amide bonds. The third-order valence-electron chi connectivity index (χ3n) is 3.60. The monoisotopic (exact) mass is 378 g/mol. The molecule has 1 aromatic heterocycles. The summed E-state index contributed by atoms with van der Waals surface area (Å²) in [6.07, 6.45) is 3.67. The van der Waals surface area contributed by atoms with Gasteiger partial charge in [-0.3, -0.25) is 0 Å². The zero-order valence-electron chi connectivity index (χ0n) is 11.4. The largest absolute Gasteiger partial charge is 0.236 e. The van der Waals surface area contributed by atoms with Crippen molar-refractivity contribution in [1.29, 1.82) is 0 Å².